The summed E-state index contributed by atoms with van der Waals surface area (Å²) in [5.41, 5.74) is 5.24. The summed E-state index contributed by atoms with van der Waals surface area (Å²) >= 11 is 0. The molecule has 0 aromatic heterocycles. The lowest BCUT2D eigenvalue weighted by atomic mass is 10.1. The third-order valence-corrected chi connectivity index (χ3v) is 2.87. The van der Waals surface area contributed by atoms with Crippen LogP contribution in [0.25, 0.3) is 0 Å². The Morgan fingerprint density at radius 3 is 2.74 bits per heavy atom. The number of amides is 2. The Morgan fingerprint density at radius 2 is 2.00 bits per heavy atom. The van der Waals surface area contributed by atoms with Gasteiger partial charge in [-0.3, -0.25) is 9.59 Å². The van der Waals surface area contributed by atoms with Gasteiger partial charge in [-0.25, -0.2) is 8.78 Å². The number of nitrogen functional groups attached to an aromatic ring is 1. The molecular weight excluding hydrogens is 256 g/mol. The maximum atomic E-state index is 13.2. The van der Waals surface area contributed by atoms with E-state index < -0.39 is 17.5 Å². The average Bonchev–Trinajstić information content (AvgIpc) is 2.58. The maximum Gasteiger partial charge on any atom is 0.256 e. The second-order valence-corrected chi connectivity index (χ2v) is 4.28. The van der Waals surface area contributed by atoms with Crippen LogP contribution in [-0.2, 0) is 4.79 Å². The van der Waals surface area contributed by atoms with Gasteiger partial charge >= 0.3 is 0 Å². The number of nitrogens with one attached hydrogen (secondary N) is 1. The first-order valence-electron chi connectivity index (χ1n) is 5.79. The van der Waals surface area contributed by atoms with Gasteiger partial charge in [-0.1, -0.05) is 0 Å². The minimum Gasteiger partial charge on any atom is -0.398 e. The molecule has 1 aromatic carbocycles. The van der Waals surface area contributed by atoms with Crippen LogP contribution in [0.15, 0.2) is 12.1 Å². The Bertz CT molecular complexity index is 534. The number of carbonyl (C=O) groups excluding carboxylic acids is 2. The van der Waals surface area contributed by atoms with Crippen molar-refractivity contribution in [2.75, 3.05) is 25.4 Å². The van der Waals surface area contributed by atoms with Gasteiger partial charge in [0.25, 0.3) is 5.91 Å². The Hall–Kier alpha value is -2.18. The summed E-state index contributed by atoms with van der Waals surface area (Å²) in [5.74, 6) is -3.11. The lowest BCUT2D eigenvalue weighted by molar-refractivity contribution is -0.121. The molecule has 0 aliphatic carbocycles. The molecule has 2 rings (SSSR count). The van der Waals surface area contributed by atoms with Crippen molar-refractivity contribution >= 4 is 17.5 Å². The van der Waals surface area contributed by atoms with E-state index in [4.69, 9.17) is 5.73 Å². The molecule has 5 nitrogen and oxygen atoms in total. The number of hydrogen-bond acceptors (Lipinski definition) is 3. The van der Waals surface area contributed by atoms with E-state index in [0.717, 1.165) is 12.1 Å². The van der Waals surface area contributed by atoms with Gasteiger partial charge in [0.05, 0.1) is 12.1 Å². The van der Waals surface area contributed by atoms with Crippen molar-refractivity contribution in [2.45, 2.75) is 6.42 Å². The summed E-state index contributed by atoms with van der Waals surface area (Å²) in [6, 6.07) is 1.52. The topological polar surface area (TPSA) is 75.4 Å². The average molecular weight is 269 g/mol. The largest absolute Gasteiger partial charge is 0.398 e. The van der Waals surface area contributed by atoms with Crippen LogP contribution >= 0.6 is 0 Å². The lowest BCUT2D eigenvalue weighted by Gasteiger charge is -2.20. The normalized spacial score (nSPS) is 15.9. The second kappa shape index (κ2) is 5.21. The summed E-state index contributed by atoms with van der Waals surface area (Å²) < 4.78 is 26.1. The van der Waals surface area contributed by atoms with Crippen LogP contribution in [0.1, 0.15) is 16.8 Å². The van der Waals surface area contributed by atoms with Crippen molar-refractivity contribution in [2.24, 2.45) is 0 Å². The molecular formula is C12H13F2N3O2. The number of rotatable bonds is 1. The van der Waals surface area contributed by atoms with Gasteiger partial charge in [0.15, 0.2) is 11.6 Å². The quantitative estimate of drug-likeness (QED) is 0.729. The van der Waals surface area contributed by atoms with Crippen LogP contribution in [0.5, 0.6) is 0 Å². The zero-order valence-electron chi connectivity index (χ0n) is 10.1. The third kappa shape index (κ3) is 2.81. The number of nitrogens with two attached hydrogens (primary N) is 1. The first-order chi connectivity index (χ1) is 8.99. The Morgan fingerprint density at radius 1 is 1.32 bits per heavy atom. The highest BCUT2D eigenvalue weighted by molar-refractivity contribution is 6.00. The predicted octanol–water partition coefficient (Wildman–Crippen LogP) is 0.509. The minimum absolute atomic E-state index is 0.114. The van der Waals surface area contributed by atoms with Crippen LogP contribution in [0.4, 0.5) is 14.5 Å². The van der Waals surface area contributed by atoms with Crippen molar-refractivity contribution < 1.29 is 18.4 Å². The van der Waals surface area contributed by atoms with Crippen molar-refractivity contribution in [3.8, 4) is 0 Å². The van der Waals surface area contributed by atoms with Crippen molar-refractivity contribution in [1.29, 1.82) is 0 Å². The third-order valence-electron chi connectivity index (χ3n) is 2.87. The Labute approximate surface area is 108 Å². The fourth-order valence-corrected chi connectivity index (χ4v) is 1.90. The predicted molar refractivity (Wildman–Crippen MR) is 64.3 cm³/mol. The van der Waals surface area contributed by atoms with Gasteiger partial charge in [0, 0.05) is 24.8 Å². The molecule has 7 heteroatoms. The molecule has 102 valence electrons. The highest BCUT2D eigenvalue weighted by Crippen LogP contribution is 2.19. The minimum atomic E-state index is -1.14. The van der Waals surface area contributed by atoms with Crippen molar-refractivity contribution in [1.82, 2.24) is 10.2 Å². The van der Waals surface area contributed by atoms with E-state index >= 15 is 0 Å². The maximum absolute atomic E-state index is 13.2. The van der Waals surface area contributed by atoms with E-state index in [2.05, 4.69) is 5.32 Å². The standard InChI is InChI=1S/C12H13F2N3O2/c13-8-4-7(10(15)5-9(8)14)12(19)17-3-1-2-16-11(18)6-17/h4-5H,1-3,6,15H2,(H,16,18). The van der Waals surface area contributed by atoms with Gasteiger partial charge in [-0.2, -0.15) is 0 Å². The second-order valence-electron chi connectivity index (χ2n) is 4.28. The van der Waals surface area contributed by atoms with Gasteiger partial charge in [-0.05, 0) is 12.5 Å². The molecule has 0 unspecified atom stereocenters. The molecule has 0 atom stereocenters. The van der Waals surface area contributed by atoms with Crippen molar-refractivity contribution in [3.05, 3.63) is 29.3 Å². The van der Waals surface area contributed by atoms with Crippen LogP contribution in [0, 0.1) is 11.6 Å². The summed E-state index contributed by atoms with van der Waals surface area (Å²) in [7, 11) is 0. The molecule has 2 amide bonds. The van der Waals surface area contributed by atoms with E-state index in [1.807, 2.05) is 0 Å². The van der Waals surface area contributed by atoms with Crippen LogP contribution in [-0.4, -0.2) is 36.3 Å². The number of hydrogen-bond donors (Lipinski definition) is 2. The van der Waals surface area contributed by atoms with E-state index in [1.165, 1.54) is 4.90 Å². The number of carbonyl (C=O) groups is 2. The molecule has 1 aliphatic rings. The first kappa shape index (κ1) is 13.3. The molecule has 1 saturated heterocycles. The van der Waals surface area contributed by atoms with Crippen molar-refractivity contribution in [3.63, 3.8) is 0 Å². The molecule has 0 radical (unpaired) electrons. The van der Waals surface area contributed by atoms with E-state index in [1.54, 1.807) is 0 Å². The Kier molecular flexibility index (Phi) is 3.64. The van der Waals surface area contributed by atoms with Crippen LogP contribution < -0.4 is 11.1 Å². The molecule has 0 saturated carbocycles. The van der Waals surface area contributed by atoms with Gasteiger partial charge < -0.3 is 16.0 Å². The highest BCUT2D eigenvalue weighted by Gasteiger charge is 2.23. The number of anilines is 1. The molecule has 3 N–H and O–H groups in total. The molecule has 0 bridgehead atoms. The molecule has 19 heavy (non-hydrogen) atoms. The molecule has 1 fully saturated rings. The highest BCUT2D eigenvalue weighted by atomic mass is 19.2. The Balaban J connectivity index is 2.28. The van der Waals surface area contributed by atoms with Gasteiger partial charge in [0.2, 0.25) is 5.91 Å². The lowest BCUT2D eigenvalue weighted by Crippen LogP contribution is -2.37. The number of halogens is 2. The number of benzene rings is 1. The molecule has 1 aromatic rings. The molecule has 0 spiro atoms. The molecule has 1 aliphatic heterocycles. The van der Waals surface area contributed by atoms with Gasteiger partial charge in [0.1, 0.15) is 0 Å². The SMILES string of the molecule is Nc1cc(F)c(F)cc1C(=O)N1CCCNC(=O)C1. The van der Waals surface area contributed by atoms with E-state index in [0.29, 0.717) is 19.5 Å². The summed E-state index contributed by atoms with van der Waals surface area (Å²) in [6.45, 7) is 0.725. The summed E-state index contributed by atoms with van der Waals surface area (Å²) in [5, 5.41) is 2.62. The summed E-state index contributed by atoms with van der Waals surface area (Å²) in [6.07, 6.45) is 0.598. The summed E-state index contributed by atoms with van der Waals surface area (Å²) in [4.78, 5) is 24.8. The molecule has 1 heterocycles. The fourth-order valence-electron chi connectivity index (χ4n) is 1.90. The van der Waals surface area contributed by atoms with Crippen LogP contribution in [0.2, 0.25) is 0 Å². The van der Waals surface area contributed by atoms with Gasteiger partial charge in [-0.15, -0.1) is 0 Å². The first-order valence-corrected chi connectivity index (χ1v) is 5.79. The van der Waals surface area contributed by atoms with E-state index in [-0.39, 0.29) is 23.7 Å². The monoisotopic (exact) mass is 269 g/mol. The fraction of sp³-hybridized carbons (Fsp3) is 0.333. The van der Waals surface area contributed by atoms with E-state index in [9.17, 15) is 18.4 Å². The number of nitrogens with zero attached hydrogens (tertiary/aromatic N) is 1. The zero-order chi connectivity index (χ0) is 14.0. The smallest absolute Gasteiger partial charge is 0.256 e. The zero-order valence-corrected chi connectivity index (χ0v) is 10.1. The van der Waals surface area contributed by atoms with Crippen LogP contribution in [0.3, 0.4) is 0 Å².